The van der Waals surface area contributed by atoms with Crippen LogP contribution in [0.3, 0.4) is 0 Å². The highest BCUT2D eigenvalue weighted by molar-refractivity contribution is 7.12. The summed E-state index contributed by atoms with van der Waals surface area (Å²) in [7, 11) is 0. The van der Waals surface area contributed by atoms with E-state index in [0.29, 0.717) is 12.0 Å². The van der Waals surface area contributed by atoms with Gasteiger partial charge in [0.05, 0.1) is 18.6 Å². The van der Waals surface area contributed by atoms with Crippen LogP contribution in [-0.4, -0.2) is 42.6 Å². The average Bonchev–Trinajstić information content (AvgIpc) is 3.18. The summed E-state index contributed by atoms with van der Waals surface area (Å²) < 4.78 is 20.1. The molecule has 0 unspecified atom stereocenters. The minimum absolute atomic E-state index is 0.00537. The number of nitrogens with zero attached hydrogens (tertiary/aromatic N) is 1. The van der Waals surface area contributed by atoms with Gasteiger partial charge in [-0.15, -0.1) is 11.3 Å². The molecule has 2 aliphatic heterocycles. The zero-order valence-electron chi connectivity index (χ0n) is 20.7. The quantitative estimate of drug-likeness (QED) is 0.617. The first-order chi connectivity index (χ1) is 16.3. The molecule has 184 valence electrons. The Balaban J connectivity index is 1.10. The van der Waals surface area contributed by atoms with Crippen molar-refractivity contribution in [3.63, 3.8) is 0 Å². The number of nitrogens with one attached hydrogen (secondary N) is 1. The van der Waals surface area contributed by atoms with Crippen LogP contribution in [0.2, 0.25) is 0 Å². The lowest BCUT2D eigenvalue weighted by atomic mass is 9.76. The smallest absolute Gasteiger partial charge is 0.224 e. The molecule has 1 aliphatic carbocycles. The summed E-state index contributed by atoms with van der Waals surface area (Å²) in [6.45, 7) is 9.47. The van der Waals surface area contributed by atoms with E-state index in [1.165, 1.54) is 22.6 Å². The second-order valence-corrected chi connectivity index (χ2v) is 11.9. The third-order valence-electron chi connectivity index (χ3n) is 8.02. The first-order valence-corrected chi connectivity index (χ1v) is 13.7. The van der Waals surface area contributed by atoms with Gasteiger partial charge in [-0.1, -0.05) is 13.0 Å². The number of hydrogen-bond acceptors (Lipinski definition) is 4. The van der Waals surface area contributed by atoms with E-state index in [1.54, 1.807) is 4.88 Å². The van der Waals surface area contributed by atoms with Gasteiger partial charge >= 0.3 is 0 Å². The zero-order valence-corrected chi connectivity index (χ0v) is 21.5. The van der Waals surface area contributed by atoms with Crippen LogP contribution >= 0.6 is 11.3 Å². The molecule has 4 nitrogen and oxygen atoms in total. The Labute approximate surface area is 206 Å². The lowest BCUT2D eigenvalue weighted by molar-refractivity contribution is -0.123. The van der Waals surface area contributed by atoms with Crippen LogP contribution in [0.1, 0.15) is 66.0 Å². The number of ether oxygens (including phenoxy) is 1. The summed E-state index contributed by atoms with van der Waals surface area (Å²) in [6, 6.07) is 8.00. The van der Waals surface area contributed by atoms with Gasteiger partial charge in [-0.3, -0.25) is 4.79 Å². The van der Waals surface area contributed by atoms with Crippen molar-refractivity contribution < 1.29 is 13.9 Å². The Bertz CT molecular complexity index is 1030. The molecule has 1 N–H and O–H groups in total. The minimum atomic E-state index is -0.274. The van der Waals surface area contributed by atoms with Crippen LogP contribution in [0.5, 0.6) is 0 Å². The van der Waals surface area contributed by atoms with Gasteiger partial charge in [0.15, 0.2) is 0 Å². The van der Waals surface area contributed by atoms with Crippen molar-refractivity contribution in [2.45, 2.75) is 83.4 Å². The number of hydrogen-bond donors (Lipinski definition) is 1. The first kappa shape index (κ1) is 24.0. The third-order valence-corrected chi connectivity index (χ3v) is 9.36. The highest BCUT2D eigenvalue weighted by Crippen LogP contribution is 2.46. The third kappa shape index (κ3) is 4.95. The Hall–Kier alpha value is -1.76. The van der Waals surface area contributed by atoms with Crippen molar-refractivity contribution in [1.82, 2.24) is 10.2 Å². The van der Waals surface area contributed by atoms with E-state index in [-0.39, 0.29) is 29.8 Å². The van der Waals surface area contributed by atoms with E-state index in [4.69, 9.17) is 4.74 Å². The largest absolute Gasteiger partial charge is 0.370 e. The summed E-state index contributed by atoms with van der Waals surface area (Å²) in [5.41, 5.74) is 2.99. The van der Waals surface area contributed by atoms with E-state index in [0.717, 1.165) is 69.3 Å². The Morgan fingerprint density at radius 1 is 1.29 bits per heavy atom. The molecule has 5 rings (SSSR count). The van der Waals surface area contributed by atoms with Gasteiger partial charge in [0.1, 0.15) is 5.82 Å². The summed E-state index contributed by atoms with van der Waals surface area (Å²) in [5, 5.41) is 3.15. The van der Waals surface area contributed by atoms with Crippen LogP contribution < -0.4 is 5.32 Å². The van der Waals surface area contributed by atoms with Crippen LogP contribution in [-0.2, 0) is 34.4 Å². The molecule has 3 heterocycles. The van der Waals surface area contributed by atoms with E-state index < -0.39 is 0 Å². The molecule has 1 saturated carbocycles. The van der Waals surface area contributed by atoms with E-state index in [2.05, 4.69) is 30.1 Å². The first-order valence-electron chi connectivity index (χ1n) is 12.9. The number of rotatable bonds is 6. The fourth-order valence-electron chi connectivity index (χ4n) is 6.26. The van der Waals surface area contributed by atoms with Crippen molar-refractivity contribution >= 4 is 17.2 Å². The minimum Gasteiger partial charge on any atom is -0.370 e. The average molecular weight is 485 g/mol. The molecule has 1 amide bonds. The van der Waals surface area contributed by atoms with Gasteiger partial charge in [0, 0.05) is 41.3 Å². The maximum Gasteiger partial charge on any atom is 0.224 e. The SMILES string of the molecule is CCc1cc2c(s1)CCO[C@@]21CCN(C[C@H]2C[C@@H](NC(=O)Cc3cc(C)cc(F)c3)C2)[C@@H](C)C1. The Kier molecular flexibility index (Phi) is 6.84. The van der Waals surface area contributed by atoms with Crippen LogP contribution in [0.15, 0.2) is 24.3 Å². The number of carbonyl (C=O) groups excluding carboxylic acids is 1. The van der Waals surface area contributed by atoms with Crippen molar-refractivity contribution in [2.24, 2.45) is 5.92 Å². The number of fused-ring (bicyclic) bond motifs is 2. The molecular weight excluding hydrogens is 447 g/mol. The molecule has 2 fully saturated rings. The highest BCUT2D eigenvalue weighted by atomic mass is 32.1. The molecule has 1 saturated heterocycles. The molecule has 2 aromatic rings. The summed E-state index contributed by atoms with van der Waals surface area (Å²) >= 11 is 1.99. The lowest BCUT2D eigenvalue weighted by Crippen LogP contribution is -2.54. The predicted octanol–water partition coefficient (Wildman–Crippen LogP) is 5.15. The standard InChI is InChI=1S/C28H37FN2O2S/c1-4-24-15-25-26(34-24)5-8-33-28(25)6-7-31(19(3)16-28)17-21-12-23(13-21)30-27(32)14-20-9-18(2)10-22(29)11-20/h9-11,15,19,21,23H,4-8,12-14,16-17H2,1-3H3,(H,30,32)/t19-,21-,23+,28+/m0/s1. The predicted molar refractivity (Wildman–Crippen MR) is 135 cm³/mol. The number of halogens is 1. The number of benzene rings is 1. The number of amides is 1. The Morgan fingerprint density at radius 2 is 2.12 bits per heavy atom. The maximum atomic E-state index is 13.6. The molecule has 3 aliphatic rings. The highest BCUT2D eigenvalue weighted by Gasteiger charge is 2.45. The molecule has 0 radical (unpaired) electrons. The monoisotopic (exact) mass is 484 g/mol. The second-order valence-electron chi connectivity index (χ2n) is 10.7. The van der Waals surface area contributed by atoms with Crippen LogP contribution in [0, 0.1) is 18.7 Å². The number of carbonyl (C=O) groups is 1. The van der Waals surface area contributed by atoms with Gasteiger partial charge in [-0.05, 0) is 86.8 Å². The molecule has 1 aromatic carbocycles. The van der Waals surface area contributed by atoms with Gasteiger partial charge < -0.3 is 15.0 Å². The normalized spacial score (nSPS) is 29.0. The molecule has 6 heteroatoms. The van der Waals surface area contributed by atoms with Crippen molar-refractivity contribution in [3.05, 3.63) is 56.5 Å². The fourth-order valence-corrected chi connectivity index (χ4v) is 7.44. The summed E-state index contributed by atoms with van der Waals surface area (Å²) in [5.74, 6) is 0.353. The number of thiophene rings is 1. The molecule has 2 atom stereocenters. The summed E-state index contributed by atoms with van der Waals surface area (Å²) in [4.78, 5) is 18.1. The summed E-state index contributed by atoms with van der Waals surface area (Å²) in [6.07, 6.45) is 6.63. The lowest BCUT2D eigenvalue weighted by Gasteiger charge is -2.49. The van der Waals surface area contributed by atoms with E-state index in [9.17, 15) is 9.18 Å². The molecule has 1 spiro atoms. The fraction of sp³-hybridized carbons (Fsp3) is 0.607. The van der Waals surface area contributed by atoms with Crippen molar-refractivity contribution in [1.29, 1.82) is 0 Å². The number of piperidine rings is 1. The van der Waals surface area contributed by atoms with E-state index in [1.807, 2.05) is 24.3 Å². The molecule has 0 bridgehead atoms. The topological polar surface area (TPSA) is 41.6 Å². The van der Waals surface area contributed by atoms with Gasteiger partial charge in [0.2, 0.25) is 5.91 Å². The number of likely N-dealkylation sites (tertiary alicyclic amines) is 1. The number of aryl methyl sites for hydroxylation is 2. The molecular formula is C28H37FN2O2S. The van der Waals surface area contributed by atoms with Crippen LogP contribution in [0.4, 0.5) is 4.39 Å². The second kappa shape index (κ2) is 9.71. The molecule has 1 aromatic heterocycles. The van der Waals surface area contributed by atoms with E-state index >= 15 is 0 Å². The van der Waals surface area contributed by atoms with Crippen LogP contribution in [0.25, 0.3) is 0 Å². The van der Waals surface area contributed by atoms with Gasteiger partial charge in [-0.2, -0.15) is 0 Å². The molecule has 34 heavy (non-hydrogen) atoms. The zero-order chi connectivity index (χ0) is 23.9. The van der Waals surface area contributed by atoms with Gasteiger partial charge in [-0.25, -0.2) is 4.39 Å². The Morgan fingerprint density at radius 3 is 2.85 bits per heavy atom. The van der Waals surface area contributed by atoms with Crippen molar-refractivity contribution in [2.75, 3.05) is 19.7 Å². The van der Waals surface area contributed by atoms with Gasteiger partial charge in [0.25, 0.3) is 0 Å². The van der Waals surface area contributed by atoms with Crippen molar-refractivity contribution in [3.8, 4) is 0 Å². The maximum absolute atomic E-state index is 13.6.